The second kappa shape index (κ2) is 17.9. The summed E-state index contributed by atoms with van der Waals surface area (Å²) in [6, 6.07) is 8.01. The number of fused-ring (bicyclic) bond motifs is 1. The number of aromatic nitrogens is 6. The number of imidazole rings is 1. The van der Waals surface area contributed by atoms with Crippen LogP contribution in [0.4, 0.5) is 11.6 Å². The van der Waals surface area contributed by atoms with E-state index in [1.807, 2.05) is 0 Å². The molecular formula is C32H39N9O15P2. The van der Waals surface area contributed by atoms with Crippen LogP contribution in [0.3, 0.4) is 0 Å². The Morgan fingerprint density at radius 2 is 1.78 bits per heavy atom. The molecule has 0 saturated carbocycles. The number of nitrogens with two attached hydrogens (primary N) is 2. The molecule has 312 valence electrons. The highest BCUT2D eigenvalue weighted by Crippen LogP contribution is 2.50. The van der Waals surface area contributed by atoms with E-state index in [-0.39, 0.29) is 35.6 Å². The third kappa shape index (κ3) is 10.2. The van der Waals surface area contributed by atoms with Crippen LogP contribution < -0.4 is 22.5 Å². The minimum absolute atomic E-state index is 0.00494. The van der Waals surface area contributed by atoms with E-state index in [0.29, 0.717) is 12.0 Å². The Balaban J connectivity index is 1.24. The van der Waals surface area contributed by atoms with Crippen molar-refractivity contribution in [1.82, 2.24) is 34.4 Å². The number of nitrogens with one attached hydrogen (secondary N) is 1. The maximum atomic E-state index is 13.9. The van der Waals surface area contributed by atoms with Crippen LogP contribution in [0.15, 0.2) is 72.7 Å². The largest absolute Gasteiger partial charge is 0.472 e. The summed E-state index contributed by atoms with van der Waals surface area (Å²) >= 11 is 0. The molecule has 1 aromatic carbocycles. The number of carbonyl (C=O) groups is 2. The first-order valence-corrected chi connectivity index (χ1v) is 20.3. The SMILES string of the molecule is C=CCCC(=O)N[C@@H](C(=O)OC1C(COP(=O)(O)O[C@H]2C[C@H](n3ccc(N)nc3=O)O[C@@H]2COP(=O)(O)O)OC(n2cnc3c(N)ncnc32)C1O)c1ccccc1. The minimum atomic E-state index is -5.21. The van der Waals surface area contributed by atoms with Crippen molar-refractivity contribution in [3.8, 4) is 0 Å². The zero-order chi connectivity index (χ0) is 41.8. The number of amides is 1. The van der Waals surface area contributed by atoms with Gasteiger partial charge in [0.05, 0.1) is 19.5 Å². The molecule has 4 aromatic rings. The number of ether oxygens (including phenoxy) is 3. The molecule has 24 nitrogen and oxygen atoms in total. The molecule has 3 aromatic heterocycles. The van der Waals surface area contributed by atoms with Crippen LogP contribution in [-0.4, -0.2) is 104 Å². The molecule has 5 unspecified atom stereocenters. The molecule has 0 aliphatic carbocycles. The van der Waals surface area contributed by atoms with E-state index in [2.05, 4.69) is 36.4 Å². The molecule has 0 spiro atoms. The number of benzene rings is 1. The predicted molar refractivity (Wildman–Crippen MR) is 196 cm³/mol. The van der Waals surface area contributed by atoms with Crippen LogP contribution in [0.2, 0.25) is 0 Å². The van der Waals surface area contributed by atoms with Crippen LogP contribution in [0, 0.1) is 0 Å². The molecule has 2 fully saturated rings. The topological polar surface area (TPSA) is 347 Å². The molecule has 0 bridgehead atoms. The van der Waals surface area contributed by atoms with Crippen LogP contribution in [0.5, 0.6) is 0 Å². The number of phosphoric acid groups is 2. The van der Waals surface area contributed by atoms with Gasteiger partial charge in [-0.15, -0.1) is 6.58 Å². The molecule has 2 aliphatic rings. The maximum absolute atomic E-state index is 13.9. The molecular weight excluding hydrogens is 812 g/mol. The second-order valence-electron chi connectivity index (χ2n) is 12.9. The van der Waals surface area contributed by atoms with E-state index < -0.39 is 95.4 Å². The fraction of sp³-hybridized carbons (Fsp3) is 0.406. The molecule has 58 heavy (non-hydrogen) atoms. The zero-order valence-corrected chi connectivity index (χ0v) is 31.9. The number of phosphoric ester groups is 2. The number of aliphatic hydroxyl groups excluding tert-OH is 1. The van der Waals surface area contributed by atoms with Crippen molar-refractivity contribution < 1.29 is 66.3 Å². The highest BCUT2D eigenvalue weighted by Gasteiger charge is 2.50. The lowest BCUT2D eigenvalue weighted by atomic mass is 10.1. The summed E-state index contributed by atoms with van der Waals surface area (Å²) in [4.78, 5) is 84.4. The standard InChI is InChI=1S/C32H39N9O15P2/c1-2-3-9-22(42)39-24(17-7-5-4-6-8-17)31(44)55-27-20(54-30(26(27)43)41-16-37-25-28(34)35-15-36-29(25)41)14-52-58(49,50)56-18-12-23(40-11-10-21(33)38-32(40)45)53-19(18)13-51-57(46,47)48/h2,4-8,10-11,15-16,18-20,23-24,26-27,30,43H,1,3,9,12-14H2,(H,39,42)(H,49,50)(H2,33,38,45)(H2,34,35,36)(H2,46,47,48)/t18-,19+,20?,23+,24+,26?,27?,30?/m0/s1. The Kier molecular flexibility index (Phi) is 13.1. The lowest BCUT2D eigenvalue weighted by molar-refractivity contribution is -0.160. The maximum Gasteiger partial charge on any atom is 0.472 e. The van der Waals surface area contributed by atoms with Crippen molar-refractivity contribution >= 4 is 50.3 Å². The Hall–Kier alpha value is -4.97. The average molecular weight is 852 g/mol. The first-order valence-electron chi connectivity index (χ1n) is 17.3. The summed E-state index contributed by atoms with van der Waals surface area (Å²) < 4.78 is 60.0. The van der Waals surface area contributed by atoms with Crippen molar-refractivity contribution in [2.45, 2.75) is 68.3 Å². The highest BCUT2D eigenvalue weighted by molar-refractivity contribution is 7.47. The van der Waals surface area contributed by atoms with E-state index in [4.69, 9.17) is 34.7 Å². The van der Waals surface area contributed by atoms with Gasteiger partial charge < -0.3 is 50.8 Å². The quantitative estimate of drug-likeness (QED) is 0.0422. The smallest absolute Gasteiger partial charge is 0.455 e. The van der Waals surface area contributed by atoms with E-state index in [1.165, 1.54) is 29.2 Å². The first-order chi connectivity index (χ1) is 27.5. The minimum Gasteiger partial charge on any atom is -0.455 e. The Bertz CT molecular complexity index is 2280. The lowest BCUT2D eigenvalue weighted by Crippen LogP contribution is -2.42. The summed E-state index contributed by atoms with van der Waals surface area (Å²) in [5.41, 5.74) is 11.2. The van der Waals surface area contributed by atoms with Crippen molar-refractivity contribution in [2.75, 3.05) is 24.7 Å². The number of aliphatic hydroxyl groups is 1. The molecule has 1 amide bonds. The van der Waals surface area contributed by atoms with Gasteiger partial charge in [0.25, 0.3) is 0 Å². The Labute approximate surface area is 327 Å². The Morgan fingerprint density at radius 3 is 2.48 bits per heavy atom. The normalized spacial score (nSPS) is 24.9. The summed E-state index contributed by atoms with van der Waals surface area (Å²) in [5, 5.41) is 14.3. The number of carbonyl (C=O) groups excluding carboxylic acids is 2. The van der Waals surface area contributed by atoms with Crippen molar-refractivity contribution in [3.63, 3.8) is 0 Å². The monoisotopic (exact) mass is 851 g/mol. The number of anilines is 2. The van der Waals surface area contributed by atoms with Gasteiger partial charge in [0, 0.05) is 19.0 Å². The number of allylic oxidation sites excluding steroid dienone is 1. The van der Waals surface area contributed by atoms with Crippen LogP contribution in [0.25, 0.3) is 11.2 Å². The summed E-state index contributed by atoms with van der Waals surface area (Å²) in [6.07, 6.45) is -5.30. The van der Waals surface area contributed by atoms with Gasteiger partial charge >= 0.3 is 27.3 Å². The Morgan fingerprint density at radius 1 is 1.03 bits per heavy atom. The van der Waals surface area contributed by atoms with Gasteiger partial charge in [0.15, 0.2) is 29.8 Å². The number of hydrogen-bond donors (Lipinski definition) is 7. The van der Waals surface area contributed by atoms with Crippen LogP contribution >= 0.6 is 15.6 Å². The molecule has 2 saturated heterocycles. The van der Waals surface area contributed by atoms with E-state index >= 15 is 0 Å². The molecule has 5 heterocycles. The van der Waals surface area contributed by atoms with Gasteiger partial charge in [0.1, 0.15) is 48.3 Å². The van der Waals surface area contributed by atoms with Crippen molar-refractivity contribution in [2.24, 2.45) is 0 Å². The number of nitrogens with zero attached hydrogens (tertiary/aromatic N) is 6. The van der Waals surface area contributed by atoms with E-state index in [9.17, 15) is 43.3 Å². The number of rotatable bonds is 17. The summed E-state index contributed by atoms with van der Waals surface area (Å²) in [6.45, 7) is 1.87. The van der Waals surface area contributed by atoms with Gasteiger partial charge in [-0.3, -0.25) is 27.5 Å². The summed E-state index contributed by atoms with van der Waals surface area (Å²) in [5.74, 6) is -1.63. The van der Waals surface area contributed by atoms with Crippen molar-refractivity contribution in [1.29, 1.82) is 0 Å². The van der Waals surface area contributed by atoms with Crippen LogP contribution in [0.1, 0.15) is 43.3 Å². The third-order valence-corrected chi connectivity index (χ3v) is 10.4. The van der Waals surface area contributed by atoms with Gasteiger partial charge in [-0.05, 0) is 18.1 Å². The summed E-state index contributed by atoms with van der Waals surface area (Å²) in [7, 11) is -10.3. The molecule has 6 rings (SSSR count). The van der Waals surface area contributed by atoms with Gasteiger partial charge in [-0.1, -0.05) is 36.4 Å². The second-order valence-corrected chi connectivity index (χ2v) is 15.5. The molecule has 0 radical (unpaired) electrons. The molecule has 26 heteroatoms. The van der Waals surface area contributed by atoms with Crippen molar-refractivity contribution in [3.05, 3.63) is 84.0 Å². The first kappa shape index (κ1) is 42.6. The average Bonchev–Trinajstić information content (AvgIpc) is 3.86. The number of nitrogen functional groups attached to an aromatic ring is 2. The van der Waals surface area contributed by atoms with Crippen LogP contribution in [-0.2, 0) is 46.5 Å². The lowest BCUT2D eigenvalue weighted by Gasteiger charge is -2.25. The third-order valence-electron chi connectivity index (χ3n) is 8.89. The van der Waals surface area contributed by atoms with Gasteiger partial charge in [-0.2, -0.15) is 4.98 Å². The number of hydrogen-bond acceptors (Lipinski definition) is 18. The fourth-order valence-corrected chi connectivity index (χ4v) is 7.50. The molecule has 2 aliphatic heterocycles. The van der Waals surface area contributed by atoms with E-state index in [0.717, 1.165) is 10.9 Å². The van der Waals surface area contributed by atoms with Gasteiger partial charge in [-0.25, -0.2) is 33.7 Å². The molecule has 9 N–H and O–H groups in total. The predicted octanol–water partition coefficient (Wildman–Crippen LogP) is 0.140. The van der Waals surface area contributed by atoms with Gasteiger partial charge in [0.2, 0.25) is 5.91 Å². The zero-order valence-electron chi connectivity index (χ0n) is 30.1. The highest BCUT2D eigenvalue weighted by atomic mass is 31.2. The molecule has 9 atom stereocenters. The van der Waals surface area contributed by atoms with E-state index in [1.54, 1.807) is 30.3 Å². The number of esters is 1. The fourth-order valence-electron chi connectivity index (χ4n) is 6.19.